The van der Waals surface area contributed by atoms with Crippen LogP contribution in [0.15, 0.2) is 0 Å². The molecule has 0 aliphatic heterocycles. The van der Waals surface area contributed by atoms with E-state index >= 15 is 0 Å². The van der Waals surface area contributed by atoms with Crippen molar-refractivity contribution in [3.63, 3.8) is 0 Å². The van der Waals surface area contributed by atoms with Crippen molar-refractivity contribution in [2.24, 2.45) is 0 Å². The van der Waals surface area contributed by atoms with Crippen LogP contribution in [-0.2, 0) is 14.3 Å². The highest BCUT2D eigenvalue weighted by atomic mass is 16.5. The molecule has 3 N–H and O–H groups in total. The lowest BCUT2D eigenvalue weighted by Crippen LogP contribution is -2.26. The first kappa shape index (κ1) is 15.7. The predicted octanol–water partition coefficient (Wildman–Crippen LogP) is 0.161. The summed E-state index contributed by atoms with van der Waals surface area (Å²) < 4.78 is 10.2. The number of rotatable bonds is 10. The number of hydrogen-bond donors (Lipinski definition) is 3. The minimum atomic E-state index is -1.10. The molecule has 0 unspecified atom stereocenters. The molecule has 0 rings (SSSR count). The zero-order valence-corrected chi connectivity index (χ0v) is 10.0. The lowest BCUT2D eigenvalue weighted by molar-refractivity contribution is -0.121. The van der Waals surface area contributed by atoms with Crippen molar-refractivity contribution in [3.8, 4) is 0 Å². The number of carbonyl (C=O) groups excluding carboxylic acids is 1. The monoisotopic (exact) mass is 248 g/mol. The number of carboxylic acid groups (broad SMARTS) is 1. The number of hydrogen-bond acceptors (Lipinski definition) is 4. The Kier molecular flexibility index (Phi) is 10.3. The Morgan fingerprint density at radius 3 is 2.47 bits per heavy atom. The van der Waals surface area contributed by atoms with Gasteiger partial charge < -0.3 is 19.9 Å². The molecule has 0 bridgehead atoms. The Bertz CT molecular complexity index is 223. The standard InChI is InChI=1S/C10H20N2O5/c1-2-9(13)11-4-7-16-5-3-6-17-8-12-10(14)15/h12H,2-8H2,1H3,(H,11,13)(H,14,15). The third-order valence-electron chi connectivity index (χ3n) is 1.79. The smallest absolute Gasteiger partial charge is 0.406 e. The first-order valence-corrected chi connectivity index (χ1v) is 5.55. The molecule has 0 fully saturated rings. The average molecular weight is 248 g/mol. The molecule has 0 aliphatic carbocycles. The van der Waals surface area contributed by atoms with Crippen LogP contribution in [-0.4, -0.2) is 50.2 Å². The second kappa shape index (κ2) is 11.2. The lowest BCUT2D eigenvalue weighted by Gasteiger charge is -2.06. The molecule has 0 atom stereocenters. The number of nitrogens with one attached hydrogen (secondary N) is 2. The molecular weight excluding hydrogens is 228 g/mol. The SMILES string of the molecule is CCC(=O)NCCOCCCOCNC(=O)O. The molecule has 0 aromatic rings. The summed E-state index contributed by atoms with van der Waals surface area (Å²) in [7, 11) is 0. The Morgan fingerprint density at radius 1 is 1.12 bits per heavy atom. The van der Waals surface area contributed by atoms with E-state index in [4.69, 9.17) is 14.6 Å². The minimum Gasteiger partial charge on any atom is -0.465 e. The van der Waals surface area contributed by atoms with Crippen molar-refractivity contribution >= 4 is 12.0 Å². The summed E-state index contributed by atoms with van der Waals surface area (Å²) in [4.78, 5) is 20.9. The number of ether oxygens (including phenoxy) is 2. The topological polar surface area (TPSA) is 96.9 Å². The number of carbonyl (C=O) groups is 2. The predicted molar refractivity (Wildman–Crippen MR) is 60.7 cm³/mol. The summed E-state index contributed by atoms with van der Waals surface area (Å²) in [5, 5.41) is 13.0. The fourth-order valence-electron chi connectivity index (χ4n) is 0.938. The second-order valence-corrected chi connectivity index (χ2v) is 3.20. The summed E-state index contributed by atoms with van der Waals surface area (Å²) >= 11 is 0. The van der Waals surface area contributed by atoms with Gasteiger partial charge in [-0.25, -0.2) is 4.79 Å². The van der Waals surface area contributed by atoms with Gasteiger partial charge in [0.15, 0.2) is 0 Å². The maximum atomic E-state index is 10.8. The summed E-state index contributed by atoms with van der Waals surface area (Å²) in [5.74, 6) is 0.0108. The van der Waals surface area contributed by atoms with Gasteiger partial charge in [0.25, 0.3) is 0 Å². The molecule has 0 saturated carbocycles. The summed E-state index contributed by atoms with van der Waals surface area (Å²) in [5.41, 5.74) is 0. The highest BCUT2D eigenvalue weighted by molar-refractivity contribution is 5.75. The van der Waals surface area contributed by atoms with Gasteiger partial charge in [0.2, 0.25) is 5.91 Å². The van der Waals surface area contributed by atoms with Crippen molar-refractivity contribution < 1.29 is 24.2 Å². The van der Waals surface area contributed by atoms with Crippen molar-refractivity contribution in [2.45, 2.75) is 19.8 Å². The van der Waals surface area contributed by atoms with E-state index in [-0.39, 0.29) is 12.6 Å². The second-order valence-electron chi connectivity index (χ2n) is 3.20. The molecule has 100 valence electrons. The van der Waals surface area contributed by atoms with Crippen LogP contribution >= 0.6 is 0 Å². The van der Waals surface area contributed by atoms with Crippen LogP contribution in [0.25, 0.3) is 0 Å². The van der Waals surface area contributed by atoms with Gasteiger partial charge in [0.1, 0.15) is 6.73 Å². The molecule has 0 aromatic carbocycles. The Morgan fingerprint density at radius 2 is 1.82 bits per heavy atom. The van der Waals surface area contributed by atoms with Crippen molar-refractivity contribution in [2.75, 3.05) is 33.1 Å². The van der Waals surface area contributed by atoms with Gasteiger partial charge in [0.05, 0.1) is 13.2 Å². The van der Waals surface area contributed by atoms with E-state index in [0.29, 0.717) is 39.2 Å². The molecule has 2 amide bonds. The summed E-state index contributed by atoms with van der Waals surface area (Å²) in [6, 6.07) is 0. The van der Waals surface area contributed by atoms with Crippen LogP contribution in [0.3, 0.4) is 0 Å². The van der Waals surface area contributed by atoms with Crippen molar-refractivity contribution in [3.05, 3.63) is 0 Å². The van der Waals surface area contributed by atoms with Crippen molar-refractivity contribution in [1.29, 1.82) is 0 Å². The molecule has 17 heavy (non-hydrogen) atoms. The highest BCUT2D eigenvalue weighted by Gasteiger charge is 1.96. The van der Waals surface area contributed by atoms with Gasteiger partial charge in [-0.05, 0) is 6.42 Å². The molecule has 0 aliphatic rings. The minimum absolute atomic E-state index is 0.0108. The molecule has 0 spiro atoms. The zero-order chi connectivity index (χ0) is 12.9. The molecule has 7 nitrogen and oxygen atoms in total. The normalized spacial score (nSPS) is 9.94. The van der Waals surface area contributed by atoms with E-state index in [2.05, 4.69) is 10.6 Å². The first-order chi connectivity index (χ1) is 8.16. The molecule has 0 heterocycles. The van der Waals surface area contributed by atoms with Gasteiger partial charge in [-0.15, -0.1) is 0 Å². The third-order valence-corrected chi connectivity index (χ3v) is 1.79. The van der Waals surface area contributed by atoms with Gasteiger partial charge >= 0.3 is 6.09 Å². The van der Waals surface area contributed by atoms with Gasteiger partial charge in [-0.2, -0.15) is 0 Å². The highest BCUT2D eigenvalue weighted by Crippen LogP contribution is 1.84. The van der Waals surface area contributed by atoms with Crippen LogP contribution in [0.2, 0.25) is 0 Å². The number of amides is 2. The van der Waals surface area contributed by atoms with Crippen LogP contribution in [0.5, 0.6) is 0 Å². The molecular formula is C10H20N2O5. The fraction of sp³-hybridized carbons (Fsp3) is 0.800. The van der Waals surface area contributed by atoms with Crippen molar-refractivity contribution in [1.82, 2.24) is 10.6 Å². The van der Waals surface area contributed by atoms with E-state index in [1.165, 1.54) is 0 Å². The van der Waals surface area contributed by atoms with E-state index in [1.807, 2.05) is 0 Å². The molecule has 7 heteroatoms. The summed E-state index contributed by atoms with van der Waals surface area (Å²) in [6.45, 7) is 3.71. The summed E-state index contributed by atoms with van der Waals surface area (Å²) in [6.07, 6.45) is 0.0564. The van der Waals surface area contributed by atoms with Gasteiger partial charge in [-0.1, -0.05) is 6.92 Å². The van der Waals surface area contributed by atoms with Crippen LogP contribution in [0.1, 0.15) is 19.8 Å². The maximum Gasteiger partial charge on any atom is 0.406 e. The van der Waals surface area contributed by atoms with E-state index < -0.39 is 6.09 Å². The maximum absolute atomic E-state index is 10.8. The Hall–Kier alpha value is -1.34. The fourth-order valence-corrected chi connectivity index (χ4v) is 0.938. The van der Waals surface area contributed by atoms with E-state index in [0.717, 1.165) is 0 Å². The first-order valence-electron chi connectivity index (χ1n) is 5.55. The molecule has 0 aromatic heterocycles. The zero-order valence-electron chi connectivity index (χ0n) is 10.0. The quantitative estimate of drug-likeness (QED) is 0.378. The van der Waals surface area contributed by atoms with Crippen LogP contribution < -0.4 is 10.6 Å². The average Bonchev–Trinajstić information content (AvgIpc) is 2.30. The van der Waals surface area contributed by atoms with E-state index in [9.17, 15) is 9.59 Å². The molecule has 0 saturated heterocycles. The largest absolute Gasteiger partial charge is 0.465 e. The Balaban J connectivity index is 3.03. The van der Waals surface area contributed by atoms with Crippen LogP contribution in [0.4, 0.5) is 4.79 Å². The molecule has 0 radical (unpaired) electrons. The van der Waals surface area contributed by atoms with E-state index in [1.54, 1.807) is 6.92 Å². The van der Waals surface area contributed by atoms with Gasteiger partial charge in [0, 0.05) is 19.6 Å². The third kappa shape index (κ3) is 12.6. The lowest BCUT2D eigenvalue weighted by atomic mass is 10.4. The van der Waals surface area contributed by atoms with Gasteiger partial charge in [-0.3, -0.25) is 10.1 Å². The van der Waals surface area contributed by atoms with Crippen LogP contribution in [0, 0.1) is 0 Å². The Labute approximate surface area is 100 Å².